The number of piperazine rings is 1. The zero-order valence-electron chi connectivity index (χ0n) is 16.2. The molecule has 1 amide bonds. The molecular weight excluding hydrogens is 330 g/mol. The average molecular weight is 359 g/mol. The second kappa shape index (κ2) is 7.27. The van der Waals surface area contributed by atoms with Crippen molar-refractivity contribution < 1.29 is 14.3 Å². The summed E-state index contributed by atoms with van der Waals surface area (Å²) in [5, 5.41) is 0. The Morgan fingerprint density at radius 3 is 2.08 bits per heavy atom. The van der Waals surface area contributed by atoms with E-state index in [2.05, 4.69) is 9.80 Å². The highest BCUT2D eigenvalue weighted by Gasteiger charge is 2.37. The van der Waals surface area contributed by atoms with Crippen molar-refractivity contribution in [3.05, 3.63) is 29.8 Å². The molecule has 0 radical (unpaired) electrons. The number of carbonyl (C=O) groups is 2. The van der Waals surface area contributed by atoms with Crippen molar-refractivity contribution in [1.82, 2.24) is 9.80 Å². The van der Waals surface area contributed by atoms with Crippen molar-refractivity contribution in [3.63, 3.8) is 0 Å². The van der Waals surface area contributed by atoms with Crippen molar-refractivity contribution in [2.45, 2.75) is 39.3 Å². The molecule has 0 aromatic heterocycles. The lowest BCUT2D eigenvalue weighted by Crippen LogP contribution is -2.64. The second-order valence-electron chi connectivity index (χ2n) is 8.17. The zero-order chi connectivity index (χ0) is 18.9. The van der Waals surface area contributed by atoms with Crippen molar-refractivity contribution in [3.8, 4) is 0 Å². The second-order valence-corrected chi connectivity index (χ2v) is 8.17. The maximum absolute atomic E-state index is 12.0. The zero-order valence-corrected chi connectivity index (χ0v) is 16.2. The SMILES string of the molecule is CC(=O)c1ccc(N2CCN(C3CN(C(=O)OC(C)(C)C)C3)CC2)cc1. The van der Waals surface area contributed by atoms with Gasteiger partial charge in [0.2, 0.25) is 0 Å². The number of hydrogen-bond acceptors (Lipinski definition) is 5. The van der Waals surface area contributed by atoms with Crippen LogP contribution in [0.2, 0.25) is 0 Å². The Labute approximate surface area is 155 Å². The van der Waals surface area contributed by atoms with Crippen LogP contribution in [0, 0.1) is 0 Å². The molecule has 6 heteroatoms. The Hall–Kier alpha value is -2.08. The van der Waals surface area contributed by atoms with E-state index >= 15 is 0 Å². The van der Waals surface area contributed by atoms with Gasteiger partial charge in [-0.1, -0.05) is 0 Å². The third kappa shape index (κ3) is 4.36. The molecular formula is C20H29N3O3. The molecule has 3 rings (SSSR count). The van der Waals surface area contributed by atoms with Gasteiger partial charge in [-0.25, -0.2) is 4.79 Å². The van der Waals surface area contributed by atoms with Gasteiger partial charge in [0, 0.05) is 56.6 Å². The van der Waals surface area contributed by atoms with Crippen LogP contribution in [0.1, 0.15) is 38.1 Å². The number of ether oxygens (including phenoxy) is 1. The first-order chi connectivity index (χ1) is 12.2. The van der Waals surface area contributed by atoms with Gasteiger partial charge in [-0.3, -0.25) is 9.69 Å². The number of Topliss-reactive ketones (excluding diaryl/α,β-unsaturated/α-hetero) is 1. The summed E-state index contributed by atoms with van der Waals surface area (Å²) >= 11 is 0. The van der Waals surface area contributed by atoms with Crippen molar-refractivity contribution in [1.29, 1.82) is 0 Å². The van der Waals surface area contributed by atoms with Crippen LogP contribution in [0.5, 0.6) is 0 Å². The third-order valence-corrected chi connectivity index (χ3v) is 4.98. The van der Waals surface area contributed by atoms with Gasteiger partial charge in [0.25, 0.3) is 0 Å². The molecule has 0 unspecified atom stereocenters. The molecule has 0 bridgehead atoms. The number of benzene rings is 1. The maximum Gasteiger partial charge on any atom is 0.410 e. The van der Waals surface area contributed by atoms with E-state index in [1.165, 1.54) is 5.69 Å². The standard InChI is InChI=1S/C20H29N3O3/c1-15(24)16-5-7-17(8-6-16)21-9-11-22(12-10-21)18-13-23(14-18)19(25)26-20(2,3)4/h5-8,18H,9-14H2,1-4H3. The van der Waals surface area contributed by atoms with Crippen LogP contribution in [0.25, 0.3) is 0 Å². The molecule has 2 saturated heterocycles. The first-order valence-corrected chi connectivity index (χ1v) is 9.31. The number of ketones is 1. The topological polar surface area (TPSA) is 53.1 Å². The summed E-state index contributed by atoms with van der Waals surface area (Å²) in [6.45, 7) is 12.7. The highest BCUT2D eigenvalue weighted by Crippen LogP contribution is 2.22. The lowest BCUT2D eigenvalue weighted by atomic mass is 10.1. The molecule has 142 valence electrons. The Kier molecular flexibility index (Phi) is 5.23. The summed E-state index contributed by atoms with van der Waals surface area (Å²) in [6.07, 6.45) is -0.210. The van der Waals surface area contributed by atoms with Crippen LogP contribution in [0.3, 0.4) is 0 Å². The smallest absolute Gasteiger partial charge is 0.410 e. The first kappa shape index (κ1) is 18.7. The summed E-state index contributed by atoms with van der Waals surface area (Å²) in [6, 6.07) is 8.29. The fourth-order valence-corrected chi connectivity index (χ4v) is 3.41. The number of anilines is 1. The molecule has 26 heavy (non-hydrogen) atoms. The van der Waals surface area contributed by atoms with Crippen LogP contribution in [0.4, 0.5) is 10.5 Å². The van der Waals surface area contributed by atoms with Crippen LogP contribution in [-0.2, 0) is 4.74 Å². The molecule has 0 atom stereocenters. The number of hydrogen-bond donors (Lipinski definition) is 0. The monoisotopic (exact) mass is 359 g/mol. The van der Waals surface area contributed by atoms with Crippen LogP contribution >= 0.6 is 0 Å². The van der Waals surface area contributed by atoms with E-state index in [0.29, 0.717) is 6.04 Å². The van der Waals surface area contributed by atoms with Gasteiger partial charge in [0.05, 0.1) is 0 Å². The largest absolute Gasteiger partial charge is 0.444 e. The number of rotatable bonds is 3. The maximum atomic E-state index is 12.0. The van der Waals surface area contributed by atoms with Gasteiger partial charge in [-0.15, -0.1) is 0 Å². The van der Waals surface area contributed by atoms with Gasteiger partial charge < -0.3 is 14.5 Å². The van der Waals surface area contributed by atoms with Crippen molar-refractivity contribution in [2.75, 3.05) is 44.2 Å². The highest BCUT2D eigenvalue weighted by molar-refractivity contribution is 5.94. The van der Waals surface area contributed by atoms with Crippen molar-refractivity contribution >= 4 is 17.6 Å². The van der Waals surface area contributed by atoms with E-state index < -0.39 is 5.60 Å². The lowest BCUT2D eigenvalue weighted by molar-refractivity contribution is -0.0162. The van der Waals surface area contributed by atoms with Gasteiger partial charge in [0.1, 0.15) is 5.60 Å². The highest BCUT2D eigenvalue weighted by atomic mass is 16.6. The van der Waals surface area contributed by atoms with Crippen LogP contribution in [0.15, 0.2) is 24.3 Å². The molecule has 0 spiro atoms. The minimum absolute atomic E-state index is 0.0981. The Morgan fingerprint density at radius 1 is 1.00 bits per heavy atom. The number of amides is 1. The minimum Gasteiger partial charge on any atom is -0.444 e. The average Bonchev–Trinajstić information content (AvgIpc) is 2.52. The predicted octanol–water partition coefficient (Wildman–Crippen LogP) is 2.63. The van der Waals surface area contributed by atoms with E-state index in [4.69, 9.17) is 4.74 Å². The summed E-state index contributed by atoms with van der Waals surface area (Å²) in [5.41, 5.74) is 1.48. The lowest BCUT2D eigenvalue weighted by Gasteiger charge is -2.48. The molecule has 0 aliphatic carbocycles. The fourth-order valence-electron chi connectivity index (χ4n) is 3.41. The van der Waals surface area contributed by atoms with Crippen molar-refractivity contribution in [2.24, 2.45) is 0 Å². The summed E-state index contributed by atoms with van der Waals surface area (Å²) in [4.78, 5) is 30.0. The molecule has 2 aliphatic heterocycles. The normalized spacial score (nSPS) is 19.2. The summed E-state index contributed by atoms with van der Waals surface area (Å²) in [5.74, 6) is 0.0981. The predicted molar refractivity (Wildman–Crippen MR) is 102 cm³/mol. The molecule has 0 saturated carbocycles. The van der Waals surface area contributed by atoms with Gasteiger partial charge in [-0.2, -0.15) is 0 Å². The van der Waals surface area contributed by atoms with E-state index in [1.54, 1.807) is 11.8 Å². The molecule has 2 aliphatic rings. The number of nitrogens with zero attached hydrogens (tertiary/aromatic N) is 3. The van der Waals surface area contributed by atoms with E-state index in [1.807, 2.05) is 45.0 Å². The third-order valence-electron chi connectivity index (χ3n) is 4.98. The minimum atomic E-state index is -0.439. The molecule has 1 aromatic rings. The van der Waals surface area contributed by atoms with Crippen LogP contribution < -0.4 is 4.90 Å². The van der Waals surface area contributed by atoms with Gasteiger partial charge >= 0.3 is 6.09 Å². The Bertz CT molecular complexity index is 652. The number of likely N-dealkylation sites (tertiary alicyclic amines) is 1. The molecule has 6 nitrogen and oxygen atoms in total. The van der Waals surface area contributed by atoms with Crippen LogP contribution in [-0.4, -0.2) is 72.6 Å². The summed E-state index contributed by atoms with van der Waals surface area (Å²) in [7, 11) is 0. The molecule has 0 N–H and O–H groups in total. The summed E-state index contributed by atoms with van der Waals surface area (Å²) < 4.78 is 5.41. The molecule has 2 heterocycles. The fraction of sp³-hybridized carbons (Fsp3) is 0.600. The van der Waals surface area contributed by atoms with Gasteiger partial charge in [0.15, 0.2) is 5.78 Å². The molecule has 1 aromatic carbocycles. The van der Waals surface area contributed by atoms with E-state index in [-0.39, 0.29) is 11.9 Å². The first-order valence-electron chi connectivity index (χ1n) is 9.31. The quantitative estimate of drug-likeness (QED) is 0.777. The number of carbonyl (C=O) groups excluding carboxylic acids is 2. The van der Waals surface area contributed by atoms with E-state index in [0.717, 1.165) is 44.8 Å². The van der Waals surface area contributed by atoms with Gasteiger partial charge in [-0.05, 0) is 52.0 Å². The van der Waals surface area contributed by atoms with E-state index in [9.17, 15) is 9.59 Å². The Morgan fingerprint density at radius 2 is 1.58 bits per heavy atom. The molecule has 2 fully saturated rings. The Balaban J connectivity index is 1.45.